The average Bonchev–Trinajstić information content (AvgIpc) is 2.89. The van der Waals surface area contributed by atoms with Crippen molar-refractivity contribution in [1.29, 1.82) is 0 Å². The topological polar surface area (TPSA) is 109 Å². The highest BCUT2D eigenvalue weighted by atomic mass is 32.2. The van der Waals surface area contributed by atoms with Crippen molar-refractivity contribution in [2.75, 3.05) is 6.26 Å². The second kappa shape index (κ2) is 5.35. The molecule has 0 radical (unpaired) electrons. The third kappa shape index (κ3) is 3.44. The van der Waals surface area contributed by atoms with Gasteiger partial charge in [-0.3, -0.25) is 5.10 Å². The van der Waals surface area contributed by atoms with Gasteiger partial charge in [0.25, 0.3) is 0 Å². The van der Waals surface area contributed by atoms with Crippen LogP contribution >= 0.6 is 0 Å². The Labute approximate surface area is 117 Å². The molecule has 0 spiro atoms. The van der Waals surface area contributed by atoms with Gasteiger partial charge in [-0.15, -0.1) is 0 Å². The molecule has 7 nitrogen and oxygen atoms in total. The largest absolute Gasteiger partial charge is 0.285 e. The molecule has 2 N–H and O–H groups in total. The summed E-state index contributed by atoms with van der Waals surface area (Å²) in [6.45, 7) is 0.104. The molecule has 2 rings (SSSR count). The van der Waals surface area contributed by atoms with Crippen molar-refractivity contribution in [2.45, 2.75) is 16.3 Å². The van der Waals surface area contributed by atoms with Crippen LogP contribution in [0.2, 0.25) is 0 Å². The maximum Gasteiger partial charge on any atom is 0.240 e. The van der Waals surface area contributed by atoms with Gasteiger partial charge in [-0.25, -0.2) is 21.6 Å². The predicted molar refractivity (Wildman–Crippen MR) is 72.2 cm³/mol. The molecule has 20 heavy (non-hydrogen) atoms. The molecule has 2 aromatic rings. The van der Waals surface area contributed by atoms with Crippen molar-refractivity contribution in [2.24, 2.45) is 0 Å². The van der Waals surface area contributed by atoms with E-state index in [0.717, 1.165) is 6.26 Å². The number of sulfone groups is 1. The minimum atomic E-state index is -3.69. The summed E-state index contributed by atoms with van der Waals surface area (Å²) in [6.07, 6.45) is 4.15. The lowest BCUT2D eigenvalue weighted by Crippen LogP contribution is -2.23. The van der Waals surface area contributed by atoms with Crippen LogP contribution in [-0.4, -0.2) is 33.3 Å². The maximum atomic E-state index is 12.0. The number of aromatic nitrogens is 2. The van der Waals surface area contributed by atoms with E-state index in [1.165, 1.54) is 30.5 Å². The minimum Gasteiger partial charge on any atom is -0.285 e. The SMILES string of the molecule is CS(=O)(=O)c1ccc(S(=O)(=O)NCc2cn[nH]c2)cc1. The molecule has 0 atom stereocenters. The van der Waals surface area contributed by atoms with Crippen LogP contribution in [0.1, 0.15) is 5.56 Å². The van der Waals surface area contributed by atoms with Crippen LogP contribution < -0.4 is 4.72 Å². The molecule has 0 unspecified atom stereocenters. The normalized spacial score (nSPS) is 12.4. The van der Waals surface area contributed by atoms with Crippen LogP contribution in [0.4, 0.5) is 0 Å². The number of aromatic amines is 1. The van der Waals surface area contributed by atoms with Crippen LogP contribution in [0.5, 0.6) is 0 Å². The summed E-state index contributed by atoms with van der Waals surface area (Å²) in [6, 6.07) is 5.05. The zero-order valence-corrected chi connectivity index (χ0v) is 12.2. The van der Waals surface area contributed by atoms with Gasteiger partial charge in [-0.05, 0) is 24.3 Å². The van der Waals surface area contributed by atoms with Gasteiger partial charge >= 0.3 is 0 Å². The van der Waals surface area contributed by atoms with E-state index in [0.29, 0.717) is 5.56 Å². The molecule has 0 aliphatic rings. The number of hydrogen-bond acceptors (Lipinski definition) is 5. The molecule has 0 saturated carbocycles. The first kappa shape index (κ1) is 14.7. The third-order valence-corrected chi connectivity index (χ3v) is 5.13. The van der Waals surface area contributed by atoms with Gasteiger partial charge in [0.1, 0.15) is 0 Å². The lowest BCUT2D eigenvalue weighted by Gasteiger charge is -2.06. The highest BCUT2D eigenvalue weighted by Crippen LogP contribution is 2.14. The highest BCUT2D eigenvalue weighted by Gasteiger charge is 2.15. The smallest absolute Gasteiger partial charge is 0.240 e. The van der Waals surface area contributed by atoms with Crippen LogP contribution in [0.3, 0.4) is 0 Å². The van der Waals surface area contributed by atoms with Gasteiger partial charge in [0.15, 0.2) is 9.84 Å². The predicted octanol–water partition coefficient (Wildman–Crippen LogP) is 0.292. The van der Waals surface area contributed by atoms with E-state index in [1.807, 2.05) is 0 Å². The monoisotopic (exact) mass is 315 g/mol. The fourth-order valence-corrected chi connectivity index (χ4v) is 3.15. The average molecular weight is 315 g/mol. The minimum absolute atomic E-state index is 0.00777. The summed E-state index contributed by atoms with van der Waals surface area (Å²) in [5.74, 6) is 0. The van der Waals surface area contributed by atoms with E-state index in [-0.39, 0.29) is 16.3 Å². The van der Waals surface area contributed by atoms with Gasteiger partial charge in [0.2, 0.25) is 10.0 Å². The van der Waals surface area contributed by atoms with Crippen molar-refractivity contribution in [3.05, 3.63) is 42.2 Å². The standard InChI is InChI=1S/C11H13N3O4S2/c1-19(15,16)10-2-4-11(5-3-10)20(17,18)14-8-9-6-12-13-7-9/h2-7,14H,8H2,1H3,(H,12,13). The summed E-state index contributed by atoms with van der Waals surface area (Å²) < 4.78 is 49.0. The summed E-state index contributed by atoms with van der Waals surface area (Å²) in [5, 5.41) is 6.29. The third-order valence-electron chi connectivity index (χ3n) is 2.58. The molecule has 1 aromatic heterocycles. The molecular weight excluding hydrogens is 302 g/mol. The number of H-pyrrole nitrogens is 1. The number of benzene rings is 1. The second-order valence-corrected chi connectivity index (χ2v) is 7.96. The molecular formula is C11H13N3O4S2. The fraction of sp³-hybridized carbons (Fsp3) is 0.182. The van der Waals surface area contributed by atoms with Crippen molar-refractivity contribution in [1.82, 2.24) is 14.9 Å². The van der Waals surface area contributed by atoms with E-state index >= 15 is 0 Å². The Bertz CT molecular complexity index is 779. The Morgan fingerprint density at radius 3 is 2.20 bits per heavy atom. The van der Waals surface area contributed by atoms with Gasteiger partial charge in [-0.1, -0.05) is 0 Å². The fourth-order valence-electron chi connectivity index (χ4n) is 1.50. The lowest BCUT2D eigenvalue weighted by molar-refractivity contribution is 0.580. The number of sulfonamides is 1. The van der Waals surface area contributed by atoms with E-state index in [2.05, 4.69) is 14.9 Å². The van der Waals surface area contributed by atoms with Gasteiger partial charge in [0, 0.05) is 24.6 Å². The van der Waals surface area contributed by atoms with E-state index in [1.54, 1.807) is 6.20 Å². The second-order valence-electron chi connectivity index (χ2n) is 4.17. The number of nitrogens with zero attached hydrogens (tertiary/aromatic N) is 1. The Balaban J connectivity index is 2.17. The van der Waals surface area contributed by atoms with Crippen molar-refractivity contribution >= 4 is 19.9 Å². The van der Waals surface area contributed by atoms with Gasteiger partial charge in [0.05, 0.1) is 16.0 Å². The zero-order chi connectivity index (χ0) is 14.8. The van der Waals surface area contributed by atoms with Crippen LogP contribution in [0, 0.1) is 0 Å². The number of rotatable bonds is 5. The van der Waals surface area contributed by atoms with Gasteiger partial charge < -0.3 is 0 Å². The molecule has 0 amide bonds. The molecule has 9 heteroatoms. The molecule has 1 heterocycles. The number of nitrogens with one attached hydrogen (secondary N) is 2. The quantitative estimate of drug-likeness (QED) is 0.824. The highest BCUT2D eigenvalue weighted by molar-refractivity contribution is 7.90. The van der Waals surface area contributed by atoms with E-state index in [4.69, 9.17) is 0 Å². The first-order valence-corrected chi connectivity index (χ1v) is 8.94. The summed E-state index contributed by atoms with van der Waals surface area (Å²) >= 11 is 0. The van der Waals surface area contributed by atoms with Gasteiger partial charge in [-0.2, -0.15) is 5.10 Å². The van der Waals surface area contributed by atoms with Crippen LogP contribution in [-0.2, 0) is 26.4 Å². The molecule has 0 aliphatic carbocycles. The Kier molecular flexibility index (Phi) is 3.93. The van der Waals surface area contributed by atoms with E-state index in [9.17, 15) is 16.8 Å². The molecule has 1 aromatic carbocycles. The zero-order valence-electron chi connectivity index (χ0n) is 10.6. The van der Waals surface area contributed by atoms with Crippen LogP contribution in [0.25, 0.3) is 0 Å². The molecule has 0 bridgehead atoms. The lowest BCUT2D eigenvalue weighted by atomic mass is 10.4. The summed E-state index contributed by atoms with van der Waals surface area (Å²) in [7, 11) is -7.03. The Hall–Kier alpha value is -1.71. The van der Waals surface area contributed by atoms with Crippen LogP contribution in [0.15, 0.2) is 46.5 Å². The Morgan fingerprint density at radius 2 is 1.70 bits per heavy atom. The van der Waals surface area contributed by atoms with Crippen molar-refractivity contribution in [3.63, 3.8) is 0 Å². The maximum absolute atomic E-state index is 12.0. The summed E-state index contributed by atoms with van der Waals surface area (Å²) in [5.41, 5.74) is 0.696. The van der Waals surface area contributed by atoms with Crippen molar-refractivity contribution < 1.29 is 16.8 Å². The molecule has 0 fully saturated rings. The first-order chi connectivity index (χ1) is 9.29. The van der Waals surface area contributed by atoms with E-state index < -0.39 is 19.9 Å². The molecule has 108 valence electrons. The van der Waals surface area contributed by atoms with Crippen molar-refractivity contribution in [3.8, 4) is 0 Å². The molecule has 0 saturated heterocycles. The molecule has 0 aliphatic heterocycles. The summed E-state index contributed by atoms with van der Waals surface area (Å²) in [4.78, 5) is 0.0830. The Morgan fingerprint density at radius 1 is 1.10 bits per heavy atom. The number of hydrogen-bond donors (Lipinski definition) is 2. The first-order valence-electron chi connectivity index (χ1n) is 5.56.